The Morgan fingerprint density at radius 1 is 1.40 bits per heavy atom. The van der Waals surface area contributed by atoms with Crippen LogP contribution in [0.25, 0.3) is 0 Å². The lowest BCUT2D eigenvalue weighted by atomic mass is 9.74. The summed E-state index contributed by atoms with van der Waals surface area (Å²) >= 11 is 0. The van der Waals surface area contributed by atoms with Gasteiger partial charge in [0, 0.05) is 24.5 Å². The van der Waals surface area contributed by atoms with Crippen LogP contribution in [0.2, 0.25) is 0 Å². The van der Waals surface area contributed by atoms with Gasteiger partial charge < -0.3 is 11.1 Å². The number of hydrogen-bond acceptors (Lipinski definition) is 4. The van der Waals surface area contributed by atoms with E-state index in [-0.39, 0.29) is 12.5 Å². The van der Waals surface area contributed by atoms with Gasteiger partial charge in [0.25, 0.3) is 0 Å². The third-order valence-electron chi connectivity index (χ3n) is 5.06. The zero-order chi connectivity index (χ0) is 18.3. The lowest BCUT2D eigenvalue weighted by Gasteiger charge is -2.43. The van der Waals surface area contributed by atoms with Crippen LogP contribution in [0.3, 0.4) is 0 Å². The number of hydrogen-bond donors (Lipinski definition) is 2. The van der Waals surface area contributed by atoms with Gasteiger partial charge in [-0.25, -0.2) is 0 Å². The van der Waals surface area contributed by atoms with Crippen molar-refractivity contribution in [3.8, 4) is 0 Å². The molecule has 138 valence electrons. The highest BCUT2D eigenvalue weighted by Crippen LogP contribution is 2.36. The number of aryl methyl sites for hydroxylation is 1. The first-order valence-corrected chi connectivity index (χ1v) is 9.13. The number of nitrogens with one attached hydrogen (secondary N) is 1. The Kier molecular flexibility index (Phi) is 6.93. The SMILES string of the molecule is CC(C)N1CCC[C@@](CCCc2ccccn2)(C(=O)NCC(N)=O)C1. The summed E-state index contributed by atoms with van der Waals surface area (Å²) in [6, 6.07) is 6.31. The van der Waals surface area contributed by atoms with E-state index in [0.717, 1.165) is 50.9 Å². The van der Waals surface area contributed by atoms with Crippen LogP contribution >= 0.6 is 0 Å². The predicted octanol–water partition coefficient (Wildman–Crippen LogP) is 1.50. The molecule has 6 heteroatoms. The molecular weight excluding hydrogens is 316 g/mol. The van der Waals surface area contributed by atoms with Crippen molar-refractivity contribution >= 4 is 11.8 Å². The maximum atomic E-state index is 12.9. The molecule has 6 nitrogen and oxygen atoms in total. The number of carbonyl (C=O) groups is 2. The van der Waals surface area contributed by atoms with Crippen LogP contribution in [-0.2, 0) is 16.0 Å². The fourth-order valence-corrected chi connectivity index (χ4v) is 3.62. The molecule has 0 spiro atoms. The Morgan fingerprint density at radius 3 is 2.84 bits per heavy atom. The molecule has 1 aliphatic heterocycles. The van der Waals surface area contributed by atoms with Crippen molar-refractivity contribution in [2.75, 3.05) is 19.6 Å². The molecular formula is C19H30N4O2. The molecule has 2 rings (SSSR count). The second kappa shape index (κ2) is 8.94. The molecule has 0 radical (unpaired) electrons. The highest BCUT2D eigenvalue weighted by molar-refractivity contribution is 5.87. The minimum absolute atomic E-state index is 0.0438. The number of primary amides is 1. The average Bonchev–Trinajstić information content (AvgIpc) is 2.60. The van der Waals surface area contributed by atoms with E-state index in [9.17, 15) is 9.59 Å². The van der Waals surface area contributed by atoms with E-state index in [1.807, 2.05) is 18.2 Å². The van der Waals surface area contributed by atoms with Gasteiger partial charge in [-0.3, -0.25) is 19.5 Å². The van der Waals surface area contributed by atoms with Crippen LogP contribution < -0.4 is 11.1 Å². The molecule has 1 atom stereocenters. The van der Waals surface area contributed by atoms with Gasteiger partial charge in [-0.1, -0.05) is 6.07 Å². The molecule has 0 unspecified atom stereocenters. The quantitative estimate of drug-likeness (QED) is 0.746. The van der Waals surface area contributed by atoms with E-state index in [4.69, 9.17) is 5.73 Å². The molecule has 0 aromatic carbocycles. The lowest BCUT2D eigenvalue weighted by molar-refractivity contribution is -0.137. The summed E-state index contributed by atoms with van der Waals surface area (Å²) < 4.78 is 0. The van der Waals surface area contributed by atoms with Crippen molar-refractivity contribution in [2.45, 2.75) is 52.0 Å². The van der Waals surface area contributed by atoms with Gasteiger partial charge in [0.1, 0.15) is 0 Å². The number of carbonyl (C=O) groups excluding carboxylic acids is 2. The number of amides is 2. The summed E-state index contributed by atoms with van der Waals surface area (Å²) in [6.45, 7) is 5.97. The molecule has 0 bridgehead atoms. The van der Waals surface area contributed by atoms with E-state index in [1.165, 1.54) is 0 Å². The number of piperidine rings is 1. The minimum atomic E-state index is -0.506. The third kappa shape index (κ3) is 5.53. The van der Waals surface area contributed by atoms with Crippen LogP contribution in [0.15, 0.2) is 24.4 Å². The molecule has 1 aromatic heterocycles. The molecule has 1 aromatic rings. The molecule has 2 amide bonds. The van der Waals surface area contributed by atoms with Crippen LogP contribution in [0, 0.1) is 5.41 Å². The van der Waals surface area contributed by atoms with Crippen molar-refractivity contribution in [2.24, 2.45) is 11.1 Å². The molecule has 2 heterocycles. The van der Waals surface area contributed by atoms with E-state index in [1.54, 1.807) is 6.20 Å². The Labute approximate surface area is 150 Å². The van der Waals surface area contributed by atoms with Gasteiger partial charge in [-0.05, 0) is 64.6 Å². The minimum Gasteiger partial charge on any atom is -0.368 e. The zero-order valence-electron chi connectivity index (χ0n) is 15.3. The van der Waals surface area contributed by atoms with Crippen LogP contribution in [0.4, 0.5) is 0 Å². The van der Waals surface area contributed by atoms with E-state index < -0.39 is 11.3 Å². The summed E-state index contributed by atoms with van der Waals surface area (Å²) in [5, 5.41) is 2.75. The maximum Gasteiger partial charge on any atom is 0.236 e. The average molecular weight is 346 g/mol. The predicted molar refractivity (Wildman–Crippen MR) is 97.8 cm³/mol. The van der Waals surface area contributed by atoms with Crippen LogP contribution in [0.5, 0.6) is 0 Å². The molecule has 0 saturated carbocycles. The number of nitrogens with two attached hydrogens (primary N) is 1. The topological polar surface area (TPSA) is 88.3 Å². The van der Waals surface area contributed by atoms with Crippen molar-refractivity contribution in [3.63, 3.8) is 0 Å². The summed E-state index contributed by atoms with van der Waals surface area (Å²) in [5.41, 5.74) is 5.79. The van der Waals surface area contributed by atoms with Gasteiger partial charge in [-0.15, -0.1) is 0 Å². The first kappa shape index (κ1) is 19.4. The van der Waals surface area contributed by atoms with Crippen molar-refractivity contribution < 1.29 is 9.59 Å². The van der Waals surface area contributed by atoms with Crippen LogP contribution in [-0.4, -0.2) is 47.4 Å². The maximum absolute atomic E-state index is 12.9. The second-order valence-corrected chi connectivity index (χ2v) is 7.27. The molecule has 1 saturated heterocycles. The number of nitrogens with zero attached hydrogens (tertiary/aromatic N) is 2. The van der Waals surface area contributed by atoms with Crippen molar-refractivity contribution in [1.82, 2.24) is 15.2 Å². The largest absolute Gasteiger partial charge is 0.368 e. The van der Waals surface area contributed by atoms with Crippen molar-refractivity contribution in [1.29, 1.82) is 0 Å². The Bertz CT molecular complexity index is 576. The molecule has 0 aliphatic carbocycles. The standard InChI is InChI=1S/C19H30N4O2/c1-15(2)23-12-6-10-19(14-23,18(25)22-13-17(20)24)9-5-8-16-7-3-4-11-21-16/h3-4,7,11,15H,5-6,8-10,12-14H2,1-2H3,(H2,20,24)(H,22,25)/t19-/m1/s1. The second-order valence-electron chi connectivity index (χ2n) is 7.27. The summed E-state index contributed by atoms with van der Waals surface area (Å²) in [7, 11) is 0. The normalized spacial score (nSPS) is 21.2. The monoisotopic (exact) mass is 346 g/mol. The van der Waals surface area contributed by atoms with Gasteiger partial charge in [0.2, 0.25) is 11.8 Å². The van der Waals surface area contributed by atoms with Crippen LogP contribution in [0.1, 0.15) is 45.2 Å². The Balaban J connectivity index is 2.05. The van der Waals surface area contributed by atoms with E-state index in [0.29, 0.717) is 6.04 Å². The molecule has 25 heavy (non-hydrogen) atoms. The number of rotatable bonds is 8. The van der Waals surface area contributed by atoms with E-state index >= 15 is 0 Å². The number of aromatic nitrogens is 1. The van der Waals surface area contributed by atoms with Gasteiger partial charge >= 0.3 is 0 Å². The Morgan fingerprint density at radius 2 is 2.20 bits per heavy atom. The number of pyridine rings is 1. The van der Waals surface area contributed by atoms with Gasteiger partial charge in [0.05, 0.1) is 12.0 Å². The van der Waals surface area contributed by atoms with Gasteiger partial charge in [0.15, 0.2) is 0 Å². The molecule has 3 N–H and O–H groups in total. The first-order valence-electron chi connectivity index (χ1n) is 9.13. The summed E-state index contributed by atoms with van der Waals surface area (Å²) in [4.78, 5) is 30.6. The van der Waals surface area contributed by atoms with E-state index in [2.05, 4.69) is 29.0 Å². The highest BCUT2D eigenvalue weighted by Gasteiger charge is 2.42. The molecule has 1 fully saturated rings. The first-order chi connectivity index (χ1) is 11.9. The third-order valence-corrected chi connectivity index (χ3v) is 5.06. The van der Waals surface area contributed by atoms with Gasteiger partial charge in [-0.2, -0.15) is 0 Å². The zero-order valence-corrected chi connectivity index (χ0v) is 15.3. The Hall–Kier alpha value is -1.95. The smallest absolute Gasteiger partial charge is 0.236 e. The summed E-state index contributed by atoms with van der Waals surface area (Å²) in [6.07, 6.45) is 6.18. The fraction of sp³-hybridized carbons (Fsp3) is 0.632. The fourth-order valence-electron chi connectivity index (χ4n) is 3.62. The number of likely N-dealkylation sites (tertiary alicyclic amines) is 1. The highest BCUT2D eigenvalue weighted by atomic mass is 16.2. The summed E-state index contributed by atoms with van der Waals surface area (Å²) in [5.74, 6) is -0.550. The molecule has 1 aliphatic rings. The lowest BCUT2D eigenvalue weighted by Crippen LogP contribution is -2.54. The van der Waals surface area contributed by atoms with Crippen molar-refractivity contribution in [3.05, 3.63) is 30.1 Å².